The molecule has 0 spiro atoms. The van der Waals surface area contributed by atoms with Gasteiger partial charge in [-0.25, -0.2) is 8.42 Å². The largest absolute Gasteiger partial charge is 0.223 e. The second kappa shape index (κ2) is 3.87. The van der Waals surface area contributed by atoms with Gasteiger partial charge in [0.2, 0.25) is 0 Å². The standard InChI is InChI=1S/C8H10O2S2/c1-2-3-7-12(9,10)8-5-4-6-11-8/h2-6H,7H2,1H3/b3-2+. The van der Waals surface area contributed by atoms with Crippen molar-refractivity contribution in [2.24, 2.45) is 0 Å². The number of hydrogen-bond acceptors (Lipinski definition) is 3. The van der Waals surface area contributed by atoms with Gasteiger partial charge >= 0.3 is 0 Å². The van der Waals surface area contributed by atoms with Crippen LogP contribution in [0.25, 0.3) is 0 Å². The molecule has 1 aromatic heterocycles. The van der Waals surface area contributed by atoms with Crippen molar-refractivity contribution in [3.05, 3.63) is 29.7 Å². The van der Waals surface area contributed by atoms with Gasteiger partial charge in [0.15, 0.2) is 9.84 Å². The maximum absolute atomic E-state index is 11.4. The lowest BCUT2D eigenvalue weighted by Gasteiger charge is -1.94. The summed E-state index contributed by atoms with van der Waals surface area (Å²) in [6.45, 7) is 1.81. The number of rotatable bonds is 3. The maximum Gasteiger partial charge on any atom is 0.191 e. The molecule has 0 atom stereocenters. The first-order chi connectivity index (χ1) is 5.67. The van der Waals surface area contributed by atoms with Gasteiger partial charge in [-0.2, -0.15) is 0 Å². The van der Waals surface area contributed by atoms with E-state index in [9.17, 15) is 8.42 Å². The Labute approximate surface area is 76.5 Å². The highest BCUT2D eigenvalue weighted by Gasteiger charge is 2.12. The fourth-order valence-corrected chi connectivity index (χ4v) is 3.05. The van der Waals surface area contributed by atoms with Gasteiger partial charge < -0.3 is 0 Å². The van der Waals surface area contributed by atoms with Crippen molar-refractivity contribution < 1.29 is 8.42 Å². The highest BCUT2D eigenvalue weighted by atomic mass is 32.2. The van der Waals surface area contributed by atoms with E-state index in [1.807, 2.05) is 6.92 Å². The quantitative estimate of drug-likeness (QED) is 0.703. The summed E-state index contributed by atoms with van der Waals surface area (Å²) in [7, 11) is -3.05. The van der Waals surface area contributed by atoms with E-state index in [0.717, 1.165) is 0 Å². The Balaban J connectivity index is 2.88. The molecule has 0 fully saturated rings. The van der Waals surface area contributed by atoms with E-state index in [4.69, 9.17) is 0 Å². The van der Waals surface area contributed by atoms with Crippen molar-refractivity contribution in [1.29, 1.82) is 0 Å². The predicted molar refractivity (Wildman–Crippen MR) is 51.2 cm³/mol. The van der Waals surface area contributed by atoms with Crippen LogP contribution < -0.4 is 0 Å². The number of allylic oxidation sites excluding steroid dienone is 1. The molecule has 0 saturated heterocycles. The summed E-state index contributed by atoms with van der Waals surface area (Å²) in [5.74, 6) is 0.101. The molecule has 1 heterocycles. The summed E-state index contributed by atoms with van der Waals surface area (Å²) >= 11 is 1.26. The molecule has 0 unspecified atom stereocenters. The minimum atomic E-state index is -3.05. The molecule has 0 N–H and O–H groups in total. The number of sulfone groups is 1. The molecule has 12 heavy (non-hydrogen) atoms. The first-order valence-corrected chi connectivity index (χ1v) is 6.07. The Morgan fingerprint density at radius 2 is 2.33 bits per heavy atom. The van der Waals surface area contributed by atoms with E-state index in [1.54, 1.807) is 29.7 Å². The van der Waals surface area contributed by atoms with Crippen LogP contribution in [0.2, 0.25) is 0 Å². The van der Waals surface area contributed by atoms with Gasteiger partial charge in [0.05, 0.1) is 5.75 Å². The first-order valence-electron chi connectivity index (χ1n) is 3.54. The average molecular weight is 202 g/mol. The fourth-order valence-electron chi connectivity index (χ4n) is 0.745. The lowest BCUT2D eigenvalue weighted by molar-refractivity contribution is 0.601. The fraction of sp³-hybridized carbons (Fsp3) is 0.250. The van der Waals surface area contributed by atoms with Crippen LogP contribution in [0.1, 0.15) is 6.92 Å². The Morgan fingerprint density at radius 3 is 2.83 bits per heavy atom. The highest BCUT2D eigenvalue weighted by molar-refractivity contribution is 7.93. The molecule has 1 rings (SSSR count). The normalized spacial score (nSPS) is 12.4. The van der Waals surface area contributed by atoms with E-state index in [2.05, 4.69) is 0 Å². The Bertz CT molecular complexity index is 346. The van der Waals surface area contributed by atoms with Gasteiger partial charge in [0.25, 0.3) is 0 Å². The van der Waals surface area contributed by atoms with Crippen LogP contribution in [0, 0.1) is 0 Å². The maximum atomic E-state index is 11.4. The lowest BCUT2D eigenvalue weighted by atomic mass is 10.6. The average Bonchev–Trinajstić information content (AvgIpc) is 2.53. The van der Waals surface area contributed by atoms with Crippen molar-refractivity contribution in [1.82, 2.24) is 0 Å². The first kappa shape index (κ1) is 9.48. The van der Waals surface area contributed by atoms with Gasteiger partial charge in [-0.1, -0.05) is 18.2 Å². The molecule has 4 heteroatoms. The Hall–Kier alpha value is -0.610. The van der Waals surface area contributed by atoms with Crippen LogP contribution in [-0.2, 0) is 9.84 Å². The number of hydrogen-bond donors (Lipinski definition) is 0. The van der Waals surface area contributed by atoms with Crippen LogP contribution in [0.4, 0.5) is 0 Å². The van der Waals surface area contributed by atoms with Gasteiger partial charge in [-0.15, -0.1) is 11.3 Å². The van der Waals surface area contributed by atoms with E-state index < -0.39 is 9.84 Å². The molecular weight excluding hydrogens is 192 g/mol. The molecule has 0 aliphatic rings. The second-order valence-electron chi connectivity index (χ2n) is 2.28. The third-order valence-electron chi connectivity index (χ3n) is 1.35. The smallest absolute Gasteiger partial charge is 0.191 e. The van der Waals surface area contributed by atoms with E-state index >= 15 is 0 Å². The zero-order valence-electron chi connectivity index (χ0n) is 6.73. The Kier molecular flexibility index (Phi) is 3.05. The highest BCUT2D eigenvalue weighted by Crippen LogP contribution is 2.17. The van der Waals surface area contributed by atoms with Crippen molar-refractivity contribution >= 4 is 21.2 Å². The summed E-state index contributed by atoms with van der Waals surface area (Å²) in [6, 6.07) is 3.37. The summed E-state index contributed by atoms with van der Waals surface area (Å²) in [6.07, 6.45) is 3.39. The van der Waals surface area contributed by atoms with Crippen LogP contribution >= 0.6 is 11.3 Å². The lowest BCUT2D eigenvalue weighted by Crippen LogP contribution is -2.01. The molecule has 0 amide bonds. The van der Waals surface area contributed by atoms with Crippen LogP contribution in [-0.4, -0.2) is 14.2 Å². The molecule has 0 aliphatic carbocycles. The van der Waals surface area contributed by atoms with Crippen molar-refractivity contribution in [3.63, 3.8) is 0 Å². The molecule has 0 radical (unpaired) electrons. The molecule has 66 valence electrons. The summed E-state index contributed by atoms with van der Waals surface area (Å²) in [5, 5.41) is 1.77. The van der Waals surface area contributed by atoms with Gasteiger partial charge in [-0.05, 0) is 18.4 Å². The summed E-state index contributed by atoms with van der Waals surface area (Å²) in [5.41, 5.74) is 0. The SMILES string of the molecule is C/C=C/CS(=O)(=O)c1cccs1. The molecule has 0 bridgehead atoms. The van der Waals surface area contributed by atoms with Gasteiger partial charge in [-0.3, -0.25) is 0 Å². The minimum absolute atomic E-state index is 0.101. The molecular formula is C8H10O2S2. The van der Waals surface area contributed by atoms with E-state index in [-0.39, 0.29) is 5.75 Å². The van der Waals surface area contributed by atoms with E-state index in [0.29, 0.717) is 4.21 Å². The summed E-state index contributed by atoms with van der Waals surface area (Å²) in [4.78, 5) is 0. The summed E-state index contributed by atoms with van der Waals surface area (Å²) < 4.78 is 23.3. The van der Waals surface area contributed by atoms with E-state index in [1.165, 1.54) is 11.3 Å². The van der Waals surface area contributed by atoms with Gasteiger partial charge in [0.1, 0.15) is 4.21 Å². The van der Waals surface area contributed by atoms with Crippen LogP contribution in [0.15, 0.2) is 33.9 Å². The zero-order chi connectivity index (χ0) is 9.03. The zero-order valence-corrected chi connectivity index (χ0v) is 8.36. The third kappa shape index (κ3) is 2.19. The molecule has 0 aromatic carbocycles. The second-order valence-corrected chi connectivity index (χ2v) is 5.49. The van der Waals surface area contributed by atoms with Gasteiger partial charge in [0, 0.05) is 0 Å². The topological polar surface area (TPSA) is 34.1 Å². The van der Waals surface area contributed by atoms with Crippen molar-refractivity contribution in [2.75, 3.05) is 5.75 Å². The molecule has 1 aromatic rings. The minimum Gasteiger partial charge on any atom is -0.223 e. The molecule has 2 nitrogen and oxygen atoms in total. The Morgan fingerprint density at radius 1 is 1.58 bits per heavy atom. The van der Waals surface area contributed by atoms with Crippen LogP contribution in [0.5, 0.6) is 0 Å². The predicted octanol–water partition coefficient (Wildman–Crippen LogP) is 2.10. The molecule has 0 aliphatic heterocycles. The van der Waals surface area contributed by atoms with Crippen molar-refractivity contribution in [3.8, 4) is 0 Å². The monoisotopic (exact) mass is 202 g/mol. The van der Waals surface area contributed by atoms with Crippen molar-refractivity contribution in [2.45, 2.75) is 11.1 Å². The number of thiophene rings is 1. The molecule has 0 saturated carbocycles. The van der Waals surface area contributed by atoms with Crippen LogP contribution in [0.3, 0.4) is 0 Å². The third-order valence-corrected chi connectivity index (χ3v) is 4.45.